The Morgan fingerprint density at radius 1 is 1.20 bits per heavy atom. The molecule has 20 heavy (non-hydrogen) atoms. The van der Waals surface area contributed by atoms with Crippen molar-refractivity contribution in [2.24, 2.45) is 5.73 Å². The molecule has 3 rings (SSSR count). The summed E-state index contributed by atoms with van der Waals surface area (Å²) in [5.41, 5.74) is 8.73. The summed E-state index contributed by atoms with van der Waals surface area (Å²) >= 11 is 1.59. The Morgan fingerprint density at radius 3 is 2.75 bits per heavy atom. The van der Waals surface area contributed by atoms with Crippen molar-refractivity contribution >= 4 is 22.9 Å². The van der Waals surface area contributed by atoms with Crippen molar-refractivity contribution in [3.05, 3.63) is 42.5 Å². The maximum Gasteiger partial charge on any atom is 0.181 e. The molecule has 0 aliphatic heterocycles. The average Bonchev–Trinajstić information content (AvgIpc) is 2.97. The molecular weight excluding hydrogens is 270 g/mol. The number of H-pyrrole nitrogens is 1. The second-order valence-electron chi connectivity index (χ2n) is 4.47. The van der Waals surface area contributed by atoms with Gasteiger partial charge in [0.05, 0.1) is 6.33 Å². The molecule has 0 amide bonds. The topological polar surface area (TPSA) is 80.5 Å². The van der Waals surface area contributed by atoms with Gasteiger partial charge < -0.3 is 10.7 Å². The molecule has 0 bridgehead atoms. The first kappa shape index (κ1) is 13.1. The van der Waals surface area contributed by atoms with Crippen LogP contribution in [0.2, 0.25) is 0 Å². The first-order valence-electron chi connectivity index (χ1n) is 6.45. The van der Waals surface area contributed by atoms with E-state index in [-0.39, 0.29) is 6.04 Å². The fourth-order valence-corrected chi connectivity index (χ4v) is 2.80. The van der Waals surface area contributed by atoms with Gasteiger partial charge in [-0.25, -0.2) is 15.0 Å². The molecule has 3 N–H and O–H groups in total. The summed E-state index contributed by atoms with van der Waals surface area (Å²) in [7, 11) is 0. The Bertz CT molecular complexity index is 707. The smallest absolute Gasteiger partial charge is 0.181 e. The maximum absolute atomic E-state index is 6.02. The Labute approximate surface area is 121 Å². The van der Waals surface area contributed by atoms with E-state index in [2.05, 4.69) is 51.1 Å². The van der Waals surface area contributed by atoms with Crippen LogP contribution in [-0.4, -0.2) is 19.9 Å². The highest BCUT2D eigenvalue weighted by Crippen LogP contribution is 2.30. The quantitative estimate of drug-likeness (QED) is 0.720. The van der Waals surface area contributed by atoms with E-state index < -0.39 is 0 Å². The molecule has 5 nitrogen and oxygen atoms in total. The molecule has 0 fully saturated rings. The predicted octanol–water partition coefficient (Wildman–Crippen LogP) is 2.91. The molecule has 1 atom stereocenters. The van der Waals surface area contributed by atoms with Gasteiger partial charge in [-0.15, -0.1) is 0 Å². The van der Waals surface area contributed by atoms with Gasteiger partial charge in [-0.3, -0.25) is 0 Å². The van der Waals surface area contributed by atoms with Crippen LogP contribution in [0.1, 0.15) is 24.9 Å². The summed E-state index contributed by atoms with van der Waals surface area (Å²) in [5, 5.41) is 0.875. The highest BCUT2D eigenvalue weighted by Gasteiger charge is 2.08. The van der Waals surface area contributed by atoms with Gasteiger partial charge in [0.25, 0.3) is 0 Å². The summed E-state index contributed by atoms with van der Waals surface area (Å²) in [6.45, 7) is 2.09. The number of nitrogens with two attached hydrogens (primary N) is 1. The van der Waals surface area contributed by atoms with Crippen LogP contribution in [0.25, 0.3) is 11.2 Å². The Kier molecular flexibility index (Phi) is 3.66. The van der Waals surface area contributed by atoms with Crippen molar-refractivity contribution in [3.8, 4) is 0 Å². The van der Waals surface area contributed by atoms with Crippen molar-refractivity contribution < 1.29 is 0 Å². The Hall–Kier alpha value is -1.92. The van der Waals surface area contributed by atoms with E-state index in [1.54, 1.807) is 18.1 Å². The summed E-state index contributed by atoms with van der Waals surface area (Å²) in [6.07, 6.45) is 4.10. The third kappa shape index (κ3) is 2.52. The Morgan fingerprint density at radius 2 is 2.00 bits per heavy atom. The van der Waals surface area contributed by atoms with Gasteiger partial charge in [0, 0.05) is 10.9 Å². The molecule has 1 aromatic carbocycles. The van der Waals surface area contributed by atoms with Crippen molar-refractivity contribution in [1.82, 2.24) is 19.9 Å². The predicted molar refractivity (Wildman–Crippen MR) is 79.5 cm³/mol. The number of imidazole rings is 1. The third-order valence-corrected chi connectivity index (χ3v) is 4.16. The van der Waals surface area contributed by atoms with E-state index in [9.17, 15) is 0 Å². The highest BCUT2D eigenvalue weighted by atomic mass is 32.2. The molecule has 6 heteroatoms. The SMILES string of the molecule is CC[C@H](N)c1ccc(Sc2ncnc3nc[nH]c23)cc1. The summed E-state index contributed by atoms with van der Waals surface area (Å²) in [4.78, 5) is 16.7. The summed E-state index contributed by atoms with van der Waals surface area (Å²) in [5.74, 6) is 0. The monoisotopic (exact) mass is 285 g/mol. The molecule has 2 heterocycles. The van der Waals surface area contributed by atoms with Crippen LogP contribution >= 0.6 is 11.8 Å². The van der Waals surface area contributed by atoms with Crippen molar-refractivity contribution in [1.29, 1.82) is 0 Å². The van der Waals surface area contributed by atoms with Crippen molar-refractivity contribution in [2.75, 3.05) is 0 Å². The largest absolute Gasteiger partial charge is 0.341 e. The van der Waals surface area contributed by atoms with Gasteiger partial charge in [0.1, 0.15) is 16.9 Å². The second-order valence-corrected chi connectivity index (χ2v) is 5.53. The van der Waals surface area contributed by atoms with Crippen LogP contribution in [0, 0.1) is 0 Å². The van der Waals surface area contributed by atoms with E-state index in [0.717, 1.165) is 27.4 Å². The average molecular weight is 285 g/mol. The fourth-order valence-electron chi connectivity index (χ4n) is 1.95. The van der Waals surface area contributed by atoms with Gasteiger partial charge in [-0.2, -0.15) is 0 Å². The summed E-state index contributed by atoms with van der Waals surface area (Å²) < 4.78 is 0. The second kappa shape index (κ2) is 5.60. The number of benzene rings is 1. The van der Waals surface area contributed by atoms with E-state index >= 15 is 0 Å². The minimum atomic E-state index is 0.104. The molecule has 3 aromatic rings. The number of hydrogen-bond donors (Lipinski definition) is 2. The minimum Gasteiger partial charge on any atom is -0.341 e. The molecule has 0 spiro atoms. The van der Waals surface area contributed by atoms with Crippen molar-refractivity contribution in [3.63, 3.8) is 0 Å². The highest BCUT2D eigenvalue weighted by molar-refractivity contribution is 7.99. The van der Waals surface area contributed by atoms with Crippen LogP contribution in [0.15, 0.2) is 46.8 Å². The van der Waals surface area contributed by atoms with Crippen LogP contribution < -0.4 is 5.73 Å². The first-order chi connectivity index (χ1) is 9.78. The first-order valence-corrected chi connectivity index (χ1v) is 7.27. The number of nitrogens with one attached hydrogen (secondary N) is 1. The zero-order valence-electron chi connectivity index (χ0n) is 11.1. The van der Waals surface area contributed by atoms with E-state index in [1.807, 2.05) is 0 Å². The number of hydrogen-bond acceptors (Lipinski definition) is 5. The normalized spacial score (nSPS) is 12.7. The molecule has 0 aliphatic rings. The van der Waals surface area contributed by atoms with Gasteiger partial charge in [0.2, 0.25) is 0 Å². The molecule has 2 aromatic heterocycles. The Balaban J connectivity index is 1.86. The van der Waals surface area contributed by atoms with E-state index in [0.29, 0.717) is 5.65 Å². The van der Waals surface area contributed by atoms with Crippen LogP contribution in [0.3, 0.4) is 0 Å². The number of nitrogens with zero attached hydrogens (tertiary/aromatic N) is 3. The van der Waals surface area contributed by atoms with Gasteiger partial charge in [-0.1, -0.05) is 30.8 Å². The summed E-state index contributed by atoms with van der Waals surface area (Å²) in [6, 6.07) is 8.39. The lowest BCUT2D eigenvalue weighted by Crippen LogP contribution is -2.07. The van der Waals surface area contributed by atoms with E-state index in [1.165, 1.54) is 6.33 Å². The lowest BCUT2D eigenvalue weighted by atomic mass is 10.1. The molecule has 102 valence electrons. The molecule has 0 unspecified atom stereocenters. The van der Waals surface area contributed by atoms with Crippen LogP contribution in [0.4, 0.5) is 0 Å². The minimum absolute atomic E-state index is 0.104. The molecule has 0 saturated heterocycles. The van der Waals surface area contributed by atoms with Gasteiger partial charge >= 0.3 is 0 Å². The van der Waals surface area contributed by atoms with E-state index in [4.69, 9.17) is 5.73 Å². The lowest BCUT2D eigenvalue weighted by Gasteiger charge is -2.09. The molecule has 0 aliphatic carbocycles. The lowest BCUT2D eigenvalue weighted by molar-refractivity contribution is 0.698. The maximum atomic E-state index is 6.02. The van der Waals surface area contributed by atoms with Gasteiger partial charge in [-0.05, 0) is 24.1 Å². The number of rotatable bonds is 4. The van der Waals surface area contributed by atoms with Gasteiger partial charge in [0.15, 0.2) is 5.65 Å². The van der Waals surface area contributed by atoms with Crippen LogP contribution in [0.5, 0.6) is 0 Å². The number of aromatic amines is 1. The van der Waals surface area contributed by atoms with Crippen molar-refractivity contribution in [2.45, 2.75) is 29.3 Å². The third-order valence-electron chi connectivity index (χ3n) is 3.15. The molecule has 0 saturated carbocycles. The number of aromatic nitrogens is 4. The number of fused-ring (bicyclic) bond motifs is 1. The zero-order chi connectivity index (χ0) is 13.9. The molecular formula is C14H15N5S. The molecule has 0 radical (unpaired) electrons. The van der Waals surface area contributed by atoms with Crippen LogP contribution in [-0.2, 0) is 0 Å². The zero-order valence-corrected chi connectivity index (χ0v) is 11.9. The standard InChI is InChI=1S/C14H15N5S/c1-2-11(15)9-3-5-10(6-4-9)20-14-12-13(17-7-16-12)18-8-19-14/h3-8,11H,2,15H2,1H3,(H,16,17,18,19)/t11-/m0/s1. The fraction of sp³-hybridized carbons (Fsp3) is 0.214.